The molecule has 0 atom stereocenters. The molecule has 2 fully saturated rings. The number of hydrogen-bond acceptors (Lipinski definition) is 6. The first-order valence-electron chi connectivity index (χ1n) is 7.19. The van der Waals surface area contributed by atoms with Crippen LogP contribution in [0.25, 0.3) is 0 Å². The Balaban J connectivity index is 1.53. The van der Waals surface area contributed by atoms with Crippen LogP contribution < -0.4 is 10.2 Å². The minimum Gasteiger partial charge on any atom is -0.347 e. The highest BCUT2D eigenvalue weighted by atomic mass is 32.1. The van der Waals surface area contributed by atoms with Gasteiger partial charge in [0.2, 0.25) is 5.91 Å². The van der Waals surface area contributed by atoms with E-state index in [1.807, 2.05) is 11.6 Å². The standard InChI is InChI=1S/C13H19N5O2S/c19-11(18-6-2-14-12(18)20)10-16-4-1-5-17(8-7-16)13-15-3-9-21-13/h3,9H,1-2,4-8,10H2,(H,14,20). The van der Waals surface area contributed by atoms with Crippen LogP contribution in [0, 0.1) is 0 Å². The Morgan fingerprint density at radius 2 is 2.19 bits per heavy atom. The lowest BCUT2D eigenvalue weighted by Crippen LogP contribution is -2.43. The second-order valence-corrected chi connectivity index (χ2v) is 6.08. The van der Waals surface area contributed by atoms with Gasteiger partial charge in [-0.15, -0.1) is 11.3 Å². The van der Waals surface area contributed by atoms with Gasteiger partial charge in [-0.25, -0.2) is 9.78 Å². The lowest BCUT2D eigenvalue weighted by atomic mass is 10.3. The number of amides is 3. The van der Waals surface area contributed by atoms with E-state index in [0.29, 0.717) is 19.6 Å². The lowest BCUT2D eigenvalue weighted by molar-refractivity contribution is -0.128. The predicted octanol–water partition coefficient (Wildman–Crippen LogP) is 0.207. The van der Waals surface area contributed by atoms with Gasteiger partial charge in [-0.2, -0.15) is 0 Å². The summed E-state index contributed by atoms with van der Waals surface area (Å²) in [4.78, 5) is 33.7. The van der Waals surface area contributed by atoms with Crippen LogP contribution >= 0.6 is 11.3 Å². The van der Waals surface area contributed by atoms with Crippen LogP contribution in [-0.2, 0) is 4.79 Å². The van der Waals surface area contributed by atoms with Gasteiger partial charge in [-0.1, -0.05) is 0 Å². The van der Waals surface area contributed by atoms with Crippen LogP contribution in [0.15, 0.2) is 11.6 Å². The summed E-state index contributed by atoms with van der Waals surface area (Å²) in [7, 11) is 0. The minimum absolute atomic E-state index is 0.104. The van der Waals surface area contributed by atoms with Gasteiger partial charge >= 0.3 is 6.03 Å². The Morgan fingerprint density at radius 3 is 2.90 bits per heavy atom. The molecule has 114 valence electrons. The monoisotopic (exact) mass is 309 g/mol. The second kappa shape index (κ2) is 6.40. The number of imide groups is 1. The van der Waals surface area contributed by atoms with Crippen molar-refractivity contribution in [3.05, 3.63) is 11.6 Å². The molecule has 3 rings (SSSR count). The fourth-order valence-electron chi connectivity index (χ4n) is 2.68. The van der Waals surface area contributed by atoms with E-state index in [1.54, 1.807) is 11.3 Å². The van der Waals surface area contributed by atoms with E-state index < -0.39 is 0 Å². The number of nitrogens with zero attached hydrogens (tertiary/aromatic N) is 4. The van der Waals surface area contributed by atoms with E-state index in [2.05, 4.69) is 20.1 Å². The molecule has 1 aromatic rings. The quantitative estimate of drug-likeness (QED) is 0.864. The summed E-state index contributed by atoms with van der Waals surface area (Å²) < 4.78 is 0. The molecule has 21 heavy (non-hydrogen) atoms. The van der Waals surface area contributed by atoms with Crippen LogP contribution in [0.5, 0.6) is 0 Å². The van der Waals surface area contributed by atoms with Crippen molar-refractivity contribution in [3.63, 3.8) is 0 Å². The molecule has 1 aromatic heterocycles. The fraction of sp³-hybridized carbons (Fsp3) is 0.615. The average molecular weight is 309 g/mol. The zero-order chi connectivity index (χ0) is 14.7. The maximum absolute atomic E-state index is 12.1. The van der Waals surface area contributed by atoms with Gasteiger partial charge in [0.25, 0.3) is 0 Å². The van der Waals surface area contributed by atoms with E-state index in [9.17, 15) is 9.59 Å². The van der Waals surface area contributed by atoms with Crippen LogP contribution in [-0.4, -0.2) is 72.5 Å². The second-order valence-electron chi connectivity index (χ2n) is 5.21. The summed E-state index contributed by atoms with van der Waals surface area (Å²) in [5.41, 5.74) is 0. The van der Waals surface area contributed by atoms with Crippen molar-refractivity contribution in [2.24, 2.45) is 0 Å². The molecule has 1 N–H and O–H groups in total. The normalized spacial score (nSPS) is 20.5. The third-order valence-electron chi connectivity index (χ3n) is 3.80. The van der Waals surface area contributed by atoms with Gasteiger partial charge in [0, 0.05) is 50.8 Å². The molecule has 2 saturated heterocycles. The molecule has 0 aliphatic carbocycles. The molecule has 2 aliphatic heterocycles. The Bertz CT molecular complexity index is 507. The molecule has 0 unspecified atom stereocenters. The minimum atomic E-state index is -0.265. The number of thiazole rings is 1. The Hall–Kier alpha value is -1.67. The van der Waals surface area contributed by atoms with Gasteiger partial charge in [-0.3, -0.25) is 14.6 Å². The first-order valence-corrected chi connectivity index (χ1v) is 8.07. The predicted molar refractivity (Wildman–Crippen MR) is 80.5 cm³/mol. The topological polar surface area (TPSA) is 68.8 Å². The summed E-state index contributed by atoms with van der Waals surface area (Å²) in [6, 6.07) is -0.265. The van der Waals surface area contributed by atoms with Gasteiger partial charge in [-0.05, 0) is 6.42 Å². The Labute approximate surface area is 127 Å². The van der Waals surface area contributed by atoms with E-state index in [4.69, 9.17) is 0 Å². The zero-order valence-electron chi connectivity index (χ0n) is 11.8. The highest BCUT2D eigenvalue weighted by Gasteiger charge is 2.28. The third-order valence-corrected chi connectivity index (χ3v) is 4.63. The average Bonchev–Trinajstić information content (AvgIpc) is 3.09. The van der Waals surface area contributed by atoms with Crippen molar-refractivity contribution in [2.75, 3.05) is 50.7 Å². The number of rotatable bonds is 3. The van der Waals surface area contributed by atoms with Gasteiger partial charge in [0.15, 0.2) is 5.13 Å². The maximum Gasteiger partial charge on any atom is 0.324 e. The maximum atomic E-state index is 12.1. The first-order chi connectivity index (χ1) is 10.2. The van der Waals surface area contributed by atoms with Crippen molar-refractivity contribution in [1.82, 2.24) is 20.1 Å². The van der Waals surface area contributed by atoms with Crippen LogP contribution in [0.4, 0.5) is 9.93 Å². The first kappa shape index (κ1) is 14.3. The van der Waals surface area contributed by atoms with Gasteiger partial charge in [0.05, 0.1) is 6.54 Å². The van der Waals surface area contributed by atoms with E-state index in [0.717, 1.165) is 37.7 Å². The highest BCUT2D eigenvalue weighted by Crippen LogP contribution is 2.19. The van der Waals surface area contributed by atoms with Crippen LogP contribution in [0.1, 0.15) is 6.42 Å². The largest absolute Gasteiger partial charge is 0.347 e. The number of aromatic nitrogens is 1. The number of carbonyl (C=O) groups excluding carboxylic acids is 2. The molecule has 0 radical (unpaired) electrons. The van der Waals surface area contributed by atoms with Gasteiger partial charge in [0.1, 0.15) is 0 Å². The smallest absolute Gasteiger partial charge is 0.324 e. The van der Waals surface area contributed by atoms with E-state index >= 15 is 0 Å². The number of hydrogen-bond donors (Lipinski definition) is 1. The summed E-state index contributed by atoms with van der Waals surface area (Å²) in [6.45, 7) is 4.89. The highest BCUT2D eigenvalue weighted by molar-refractivity contribution is 7.13. The Kier molecular flexibility index (Phi) is 4.35. The summed E-state index contributed by atoms with van der Waals surface area (Å²) in [5, 5.41) is 5.68. The molecule has 7 nitrogen and oxygen atoms in total. The third kappa shape index (κ3) is 3.33. The molecule has 8 heteroatoms. The van der Waals surface area contributed by atoms with Crippen LogP contribution in [0.3, 0.4) is 0 Å². The van der Waals surface area contributed by atoms with Gasteiger partial charge < -0.3 is 10.2 Å². The number of carbonyl (C=O) groups is 2. The van der Waals surface area contributed by atoms with Crippen molar-refractivity contribution >= 4 is 28.4 Å². The van der Waals surface area contributed by atoms with Crippen LogP contribution in [0.2, 0.25) is 0 Å². The summed E-state index contributed by atoms with van der Waals surface area (Å²) in [5.74, 6) is -0.104. The van der Waals surface area contributed by atoms with E-state index in [-0.39, 0.29) is 11.9 Å². The van der Waals surface area contributed by atoms with E-state index in [1.165, 1.54) is 4.90 Å². The van der Waals surface area contributed by atoms with Crippen molar-refractivity contribution in [3.8, 4) is 0 Å². The van der Waals surface area contributed by atoms with Crippen molar-refractivity contribution in [2.45, 2.75) is 6.42 Å². The number of urea groups is 1. The zero-order valence-corrected chi connectivity index (χ0v) is 12.6. The number of anilines is 1. The summed E-state index contributed by atoms with van der Waals surface area (Å²) in [6.07, 6.45) is 2.82. The molecular formula is C13H19N5O2S. The molecule has 0 spiro atoms. The SMILES string of the molecule is O=C(CN1CCCN(c2nccs2)CC1)N1CCNC1=O. The molecule has 0 saturated carbocycles. The molecule has 2 aliphatic rings. The lowest BCUT2D eigenvalue weighted by Gasteiger charge is -2.22. The molecular weight excluding hydrogens is 290 g/mol. The summed E-state index contributed by atoms with van der Waals surface area (Å²) >= 11 is 1.64. The molecule has 0 aromatic carbocycles. The fourth-order valence-corrected chi connectivity index (χ4v) is 3.38. The Morgan fingerprint density at radius 1 is 1.29 bits per heavy atom. The molecule has 3 heterocycles. The van der Waals surface area contributed by atoms with Crippen molar-refractivity contribution < 1.29 is 9.59 Å². The van der Waals surface area contributed by atoms with Crippen molar-refractivity contribution in [1.29, 1.82) is 0 Å². The number of nitrogens with one attached hydrogen (secondary N) is 1. The molecule has 3 amide bonds. The molecule has 0 bridgehead atoms.